The number of nitrogens with one attached hydrogen (secondary N) is 1. The molecule has 0 aliphatic carbocycles. The summed E-state index contributed by atoms with van der Waals surface area (Å²) in [6.45, 7) is 5.36. The monoisotopic (exact) mass is 390 g/mol. The molecule has 1 aliphatic heterocycles. The highest BCUT2D eigenvalue weighted by atomic mass is 19.1. The van der Waals surface area contributed by atoms with Crippen LogP contribution in [-0.4, -0.2) is 36.3 Å². The van der Waals surface area contributed by atoms with Gasteiger partial charge in [-0.1, -0.05) is 0 Å². The summed E-state index contributed by atoms with van der Waals surface area (Å²) in [5.74, 6) is 0.508. The number of aryl methyl sites for hydroxylation is 2. The van der Waals surface area contributed by atoms with E-state index in [1.54, 1.807) is 23.1 Å². The summed E-state index contributed by atoms with van der Waals surface area (Å²) >= 11 is 0. The van der Waals surface area contributed by atoms with Gasteiger partial charge in [0.05, 0.1) is 23.8 Å². The zero-order valence-corrected chi connectivity index (χ0v) is 16.1. The number of anilines is 3. The van der Waals surface area contributed by atoms with Gasteiger partial charge < -0.3 is 10.2 Å². The molecule has 0 amide bonds. The second-order valence-electron chi connectivity index (χ2n) is 7.22. The van der Waals surface area contributed by atoms with Gasteiger partial charge >= 0.3 is 0 Å². The number of pyridine rings is 2. The summed E-state index contributed by atoms with van der Waals surface area (Å²) < 4.78 is 15.7. The first kappa shape index (κ1) is 17.5. The molecular weight excluding hydrogens is 371 g/mol. The predicted molar refractivity (Wildman–Crippen MR) is 107 cm³/mol. The second-order valence-corrected chi connectivity index (χ2v) is 7.22. The van der Waals surface area contributed by atoms with Crippen LogP contribution in [0.25, 0.3) is 5.65 Å². The van der Waals surface area contributed by atoms with Crippen molar-refractivity contribution < 1.29 is 4.39 Å². The van der Waals surface area contributed by atoms with Crippen LogP contribution in [0.3, 0.4) is 0 Å². The summed E-state index contributed by atoms with van der Waals surface area (Å²) in [7, 11) is 0. The van der Waals surface area contributed by atoms with E-state index in [4.69, 9.17) is 0 Å². The molecule has 9 heteroatoms. The number of halogens is 1. The molecule has 0 unspecified atom stereocenters. The smallest absolute Gasteiger partial charge is 0.177 e. The fourth-order valence-corrected chi connectivity index (χ4v) is 3.63. The highest BCUT2D eigenvalue weighted by Gasteiger charge is 2.21. The molecule has 1 aliphatic rings. The molecule has 0 radical (unpaired) electrons. The predicted octanol–water partition coefficient (Wildman–Crippen LogP) is 2.98. The maximum atomic E-state index is 14.0. The molecular formula is C20H19FN8. The fraction of sp³-hybridized carbons (Fsp3) is 0.250. The van der Waals surface area contributed by atoms with Crippen molar-refractivity contribution in [2.24, 2.45) is 0 Å². The Morgan fingerprint density at radius 3 is 2.90 bits per heavy atom. The third-order valence-corrected chi connectivity index (χ3v) is 5.07. The Morgan fingerprint density at radius 1 is 1.10 bits per heavy atom. The van der Waals surface area contributed by atoms with E-state index in [9.17, 15) is 4.39 Å². The van der Waals surface area contributed by atoms with Crippen molar-refractivity contribution in [1.82, 2.24) is 29.8 Å². The molecule has 1 N–H and O–H groups in total. The van der Waals surface area contributed by atoms with Gasteiger partial charge in [0.2, 0.25) is 0 Å². The van der Waals surface area contributed by atoms with E-state index in [0.717, 1.165) is 52.6 Å². The summed E-state index contributed by atoms with van der Waals surface area (Å²) in [5.41, 5.74) is 5.81. The van der Waals surface area contributed by atoms with Crippen LogP contribution in [0.15, 0.2) is 36.9 Å². The molecule has 0 aromatic carbocycles. The quantitative estimate of drug-likeness (QED) is 0.576. The summed E-state index contributed by atoms with van der Waals surface area (Å²) in [6.07, 6.45) is 5.39. The third kappa shape index (κ3) is 3.24. The van der Waals surface area contributed by atoms with Crippen molar-refractivity contribution in [3.05, 3.63) is 65.3 Å². The molecule has 146 valence electrons. The van der Waals surface area contributed by atoms with Crippen molar-refractivity contribution in [2.75, 3.05) is 16.8 Å². The zero-order chi connectivity index (χ0) is 20.0. The van der Waals surface area contributed by atoms with Crippen LogP contribution in [0, 0.1) is 19.7 Å². The minimum absolute atomic E-state index is 0.391. The molecule has 0 spiro atoms. The minimum atomic E-state index is -0.392. The van der Waals surface area contributed by atoms with Crippen LogP contribution >= 0.6 is 0 Å². The van der Waals surface area contributed by atoms with Crippen molar-refractivity contribution in [2.45, 2.75) is 26.8 Å². The number of aromatic nitrogens is 6. The van der Waals surface area contributed by atoms with Gasteiger partial charge in [-0.2, -0.15) is 4.52 Å². The van der Waals surface area contributed by atoms with Gasteiger partial charge in [-0.3, -0.25) is 9.97 Å². The van der Waals surface area contributed by atoms with Crippen LogP contribution < -0.4 is 10.2 Å². The van der Waals surface area contributed by atoms with Crippen LogP contribution in [0.2, 0.25) is 0 Å². The SMILES string of the molecule is Cc1cc(Nc2cnc3c(c2)CN(c2nn4cnnc4cc2C)CC3)c(F)cn1. The maximum Gasteiger partial charge on any atom is 0.177 e. The number of rotatable bonds is 3. The van der Waals surface area contributed by atoms with Crippen molar-refractivity contribution >= 4 is 22.8 Å². The molecule has 0 fully saturated rings. The Bertz CT molecular complexity index is 1220. The van der Waals surface area contributed by atoms with Crippen LogP contribution in [0.4, 0.5) is 21.6 Å². The van der Waals surface area contributed by atoms with E-state index in [2.05, 4.69) is 35.5 Å². The van der Waals surface area contributed by atoms with Crippen LogP contribution in [0.5, 0.6) is 0 Å². The molecule has 0 bridgehead atoms. The number of hydrogen-bond donors (Lipinski definition) is 1. The first-order valence-electron chi connectivity index (χ1n) is 9.36. The van der Waals surface area contributed by atoms with Crippen molar-refractivity contribution in [3.8, 4) is 0 Å². The lowest BCUT2D eigenvalue weighted by Crippen LogP contribution is -2.32. The summed E-state index contributed by atoms with van der Waals surface area (Å²) in [6, 6.07) is 5.69. The van der Waals surface area contributed by atoms with Gasteiger partial charge in [-0.05, 0) is 43.2 Å². The summed E-state index contributed by atoms with van der Waals surface area (Å²) in [5, 5.41) is 15.7. The largest absolute Gasteiger partial charge is 0.352 e. The van der Waals surface area contributed by atoms with Crippen LogP contribution in [0.1, 0.15) is 22.5 Å². The Labute approximate surface area is 166 Å². The Hall–Kier alpha value is -3.62. The lowest BCUT2D eigenvalue weighted by Gasteiger charge is -2.30. The lowest BCUT2D eigenvalue weighted by atomic mass is 10.0. The van der Waals surface area contributed by atoms with Gasteiger partial charge in [0.1, 0.15) is 6.33 Å². The topological polar surface area (TPSA) is 84.1 Å². The van der Waals surface area contributed by atoms with E-state index in [-0.39, 0.29) is 0 Å². The number of hydrogen-bond acceptors (Lipinski definition) is 7. The van der Waals surface area contributed by atoms with Gasteiger partial charge in [0, 0.05) is 30.9 Å². The third-order valence-electron chi connectivity index (χ3n) is 5.07. The molecule has 8 nitrogen and oxygen atoms in total. The highest BCUT2D eigenvalue weighted by Crippen LogP contribution is 2.28. The maximum absolute atomic E-state index is 14.0. The molecule has 0 saturated heterocycles. The van der Waals surface area contributed by atoms with Gasteiger partial charge in [-0.15, -0.1) is 15.3 Å². The second kappa shape index (κ2) is 6.77. The molecule has 4 aromatic rings. The van der Waals surface area contributed by atoms with Gasteiger partial charge in [-0.25, -0.2) is 4.39 Å². The van der Waals surface area contributed by atoms with E-state index in [1.165, 1.54) is 6.20 Å². The van der Waals surface area contributed by atoms with E-state index in [1.807, 2.05) is 26.0 Å². The van der Waals surface area contributed by atoms with Gasteiger partial charge in [0.15, 0.2) is 17.3 Å². The highest BCUT2D eigenvalue weighted by molar-refractivity contribution is 5.61. The average molecular weight is 390 g/mol. The number of nitrogens with zero attached hydrogens (tertiary/aromatic N) is 7. The Balaban J connectivity index is 1.44. The normalized spacial score (nSPS) is 13.6. The molecule has 5 rings (SSSR count). The first-order chi connectivity index (χ1) is 14.1. The van der Waals surface area contributed by atoms with E-state index in [0.29, 0.717) is 12.2 Å². The fourth-order valence-electron chi connectivity index (χ4n) is 3.63. The molecule has 0 atom stereocenters. The average Bonchev–Trinajstić information content (AvgIpc) is 3.17. The van der Waals surface area contributed by atoms with E-state index < -0.39 is 5.82 Å². The first-order valence-corrected chi connectivity index (χ1v) is 9.36. The molecule has 4 aromatic heterocycles. The van der Waals surface area contributed by atoms with Crippen LogP contribution in [-0.2, 0) is 13.0 Å². The van der Waals surface area contributed by atoms with Crippen molar-refractivity contribution in [1.29, 1.82) is 0 Å². The van der Waals surface area contributed by atoms with Gasteiger partial charge in [0.25, 0.3) is 0 Å². The van der Waals surface area contributed by atoms with E-state index >= 15 is 0 Å². The molecule has 0 saturated carbocycles. The molecule has 29 heavy (non-hydrogen) atoms. The standard InChI is InChI=1S/C20H19FN8/c1-12-5-19-26-24-11-29(19)27-20(12)28-4-3-17-14(10-28)7-15(8-23-17)25-18-6-13(2)22-9-16(18)21/h5-9,11H,3-4,10H2,1-2H3,(H,22,25). The lowest BCUT2D eigenvalue weighted by molar-refractivity contribution is 0.624. The Morgan fingerprint density at radius 2 is 2.00 bits per heavy atom. The van der Waals surface area contributed by atoms with Crippen molar-refractivity contribution in [3.63, 3.8) is 0 Å². The zero-order valence-electron chi connectivity index (χ0n) is 16.1. The number of fused-ring (bicyclic) bond motifs is 2. The minimum Gasteiger partial charge on any atom is -0.352 e. The Kier molecular flexibility index (Phi) is 4.08. The molecule has 5 heterocycles. The summed E-state index contributed by atoms with van der Waals surface area (Å²) in [4.78, 5) is 10.8.